The van der Waals surface area contributed by atoms with Gasteiger partial charge in [0.15, 0.2) is 5.65 Å². The molecule has 0 amide bonds. The van der Waals surface area contributed by atoms with Crippen molar-refractivity contribution < 1.29 is 13.2 Å². The van der Waals surface area contributed by atoms with Crippen LogP contribution in [0.15, 0.2) is 72.1 Å². The maximum Gasteiger partial charge on any atom is 0.269 e. The van der Waals surface area contributed by atoms with Crippen LogP contribution in [0.4, 0.5) is 5.69 Å². The van der Waals surface area contributed by atoms with Gasteiger partial charge in [0, 0.05) is 34.8 Å². The molecule has 2 unspecified atom stereocenters. The Morgan fingerprint density at radius 1 is 0.889 bits per heavy atom. The van der Waals surface area contributed by atoms with E-state index in [-0.39, 0.29) is 4.90 Å². The average molecular weight is 624 g/mol. The minimum atomic E-state index is -3.92. The molecular formula is C34H37N7O3S. The Balaban J connectivity index is 1.23. The second kappa shape index (κ2) is 10.8. The van der Waals surface area contributed by atoms with Gasteiger partial charge in [-0.05, 0) is 88.6 Å². The number of likely N-dealkylation sites (tertiary alicyclic amines) is 1. The number of nitrogens with zero attached hydrogens (tertiary/aromatic N) is 7. The molecule has 3 saturated heterocycles. The first kappa shape index (κ1) is 28.4. The highest BCUT2D eigenvalue weighted by Gasteiger charge is 2.43. The largest absolute Gasteiger partial charge is 0.377 e. The first-order chi connectivity index (χ1) is 21.8. The second-order valence-corrected chi connectivity index (χ2v) is 14.6. The molecule has 5 aromatic rings. The molecule has 0 spiro atoms. The van der Waals surface area contributed by atoms with Gasteiger partial charge in [-0.2, -0.15) is 5.10 Å². The van der Waals surface area contributed by atoms with Crippen molar-refractivity contribution in [1.82, 2.24) is 28.6 Å². The van der Waals surface area contributed by atoms with E-state index < -0.39 is 10.0 Å². The van der Waals surface area contributed by atoms with E-state index in [9.17, 15) is 8.42 Å². The molecule has 2 bridgehead atoms. The van der Waals surface area contributed by atoms with Crippen LogP contribution in [0.25, 0.3) is 33.5 Å². The average Bonchev–Trinajstić information content (AvgIpc) is 3.69. The summed E-state index contributed by atoms with van der Waals surface area (Å²) in [5.41, 5.74) is 7.65. The van der Waals surface area contributed by atoms with Crippen LogP contribution in [0.2, 0.25) is 0 Å². The number of hydrogen-bond acceptors (Lipinski definition) is 8. The van der Waals surface area contributed by atoms with Gasteiger partial charge in [0.2, 0.25) is 0 Å². The van der Waals surface area contributed by atoms with E-state index in [1.54, 1.807) is 42.7 Å². The zero-order valence-electron chi connectivity index (χ0n) is 25.8. The molecule has 3 aromatic heterocycles. The van der Waals surface area contributed by atoms with Crippen LogP contribution >= 0.6 is 0 Å². The number of morpholine rings is 1. The van der Waals surface area contributed by atoms with Crippen molar-refractivity contribution in [3.05, 3.63) is 78.4 Å². The maximum atomic E-state index is 13.9. The lowest BCUT2D eigenvalue weighted by molar-refractivity contribution is 0.0101. The Morgan fingerprint density at radius 3 is 2.29 bits per heavy atom. The number of aromatic nitrogens is 5. The lowest BCUT2D eigenvalue weighted by Gasteiger charge is -2.54. The van der Waals surface area contributed by atoms with E-state index in [1.807, 2.05) is 17.1 Å². The Hall–Kier alpha value is -4.06. The van der Waals surface area contributed by atoms with Crippen molar-refractivity contribution >= 4 is 26.9 Å². The van der Waals surface area contributed by atoms with E-state index in [4.69, 9.17) is 19.8 Å². The number of hydrogen-bond donors (Lipinski definition) is 0. The molecule has 3 aliphatic rings. The minimum absolute atomic E-state index is 0.198. The Labute approximate surface area is 263 Å². The van der Waals surface area contributed by atoms with Crippen molar-refractivity contribution in [2.24, 2.45) is 0 Å². The first-order valence-electron chi connectivity index (χ1n) is 15.7. The standard InChI is InChI=1S/C34H37N7O3S/c1-22-13-24(14-23(2)33(22)41-27-15-28(41)21-44-20-27)31-17-35-34-32(37-31)30(19-40(34)45(42,43)29-7-5-4-6-8-29)25-16-36-39(18-25)26-9-11-38(3)12-10-26/h4-8,13-14,16-19,26-28H,9-12,15,20-21H2,1-3H3. The quantitative estimate of drug-likeness (QED) is 0.259. The molecule has 45 heavy (non-hydrogen) atoms. The molecule has 0 saturated carbocycles. The topological polar surface area (TPSA) is 98.4 Å². The van der Waals surface area contributed by atoms with Gasteiger partial charge in [0.05, 0.1) is 54.3 Å². The molecule has 2 atom stereocenters. The summed E-state index contributed by atoms with van der Waals surface area (Å²) < 4.78 is 36.8. The molecule has 10 nitrogen and oxygen atoms in total. The SMILES string of the molecule is Cc1cc(-c2cnc3c(n2)c(-c2cnn(C4CCN(C)CC4)c2)cn3S(=O)(=O)c2ccccc2)cc(C)c1N1C2COCC1C2. The molecule has 0 aliphatic carbocycles. The highest BCUT2D eigenvalue weighted by atomic mass is 32.2. The molecule has 3 aliphatic heterocycles. The predicted octanol–water partition coefficient (Wildman–Crippen LogP) is 5.06. The number of piperidine rings is 1. The fourth-order valence-corrected chi connectivity index (χ4v) is 8.69. The molecule has 6 heterocycles. The zero-order chi connectivity index (χ0) is 30.9. The van der Waals surface area contributed by atoms with Crippen LogP contribution < -0.4 is 4.90 Å². The minimum Gasteiger partial charge on any atom is -0.377 e. The molecule has 8 rings (SSSR count). The maximum absolute atomic E-state index is 13.9. The van der Waals surface area contributed by atoms with Crippen molar-refractivity contribution in [3.63, 3.8) is 0 Å². The van der Waals surface area contributed by atoms with Gasteiger partial charge >= 0.3 is 0 Å². The normalized spacial score (nSPS) is 20.9. The van der Waals surface area contributed by atoms with Crippen molar-refractivity contribution in [1.29, 1.82) is 0 Å². The third kappa shape index (κ3) is 4.76. The van der Waals surface area contributed by atoms with Crippen LogP contribution in [0.5, 0.6) is 0 Å². The summed E-state index contributed by atoms with van der Waals surface area (Å²) in [4.78, 5) is 14.9. The third-order valence-electron chi connectivity index (χ3n) is 9.73. The molecule has 0 radical (unpaired) electrons. The summed E-state index contributed by atoms with van der Waals surface area (Å²) in [6.07, 6.45) is 10.4. The van der Waals surface area contributed by atoms with Gasteiger partial charge in [-0.3, -0.25) is 4.68 Å². The fraction of sp³-hybridized carbons (Fsp3) is 0.382. The fourth-order valence-electron chi connectivity index (χ4n) is 7.35. The number of benzene rings is 2. The van der Waals surface area contributed by atoms with Crippen LogP contribution in [-0.2, 0) is 14.8 Å². The molecular weight excluding hydrogens is 586 g/mol. The van der Waals surface area contributed by atoms with Crippen LogP contribution in [-0.4, -0.2) is 82.5 Å². The van der Waals surface area contributed by atoms with Gasteiger partial charge in [0.1, 0.15) is 5.52 Å². The Morgan fingerprint density at radius 2 is 1.60 bits per heavy atom. The number of aryl methyl sites for hydroxylation is 2. The molecule has 232 valence electrons. The molecule has 0 N–H and O–H groups in total. The summed E-state index contributed by atoms with van der Waals surface area (Å²) in [5, 5.41) is 4.72. The summed E-state index contributed by atoms with van der Waals surface area (Å²) >= 11 is 0. The monoisotopic (exact) mass is 623 g/mol. The number of ether oxygens (including phenoxy) is 1. The first-order valence-corrected chi connectivity index (χ1v) is 17.1. The van der Waals surface area contributed by atoms with Crippen molar-refractivity contribution in [3.8, 4) is 22.4 Å². The predicted molar refractivity (Wildman–Crippen MR) is 174 cm³/mol. The zero-order valence-corrected chi connectivity index (χ0v) is 26.6. The summed E-state index contributed by atoms with van der Waals surface area (Å²) in [7, 11) is -1.77. The summed E-state index contributed by atoms with van der Waals surface area (Å²) in [6.45, 7) is 7.90. The third-order valence-corrected chi connectivity index (χ3v) is 11.4. The van der Waals surface area contributed by atoms with Crippen LogP contribution in [0.3, 0.4) is 0 Å². The second-order valence-electron chi connectivity index (χ2n) is 12.8. The summed E-state index contributed by atoms with van der Waals surface area (Å²) in [5.74, 6) is 0. The van der Waals surface area contributed by atoms with Gasteiger partial charge in [0.25, 0.3) is 10.0 Å². The van der Waals surface area contributed by atoms with Crippen LogP contribution in [0, 0.1) is 13.8 Å². The van der Waals surface area contributed by atoms with Gasteiger partial charge in [-0.25, -0.2) is 22.4 Å². The Bertz CT molecular complexity index is 1980. The van der Waals surface area contributed by atoms with E-state index >= 15 is 0 Å². The van der Waals surface area contributed by atoms with Gasteiger partial charge < -0.3 is 14.5 Å². The lowest BCUT2D eigenvalue weighted by Crippen LogP contribution is -2.64. The summed E-state index contributed by atoms with van der Waals surface area (Å²) in [6, 6.07) is 14.0. The Kier molecular flexibility index (Phi) is 6.81. The number of rotatable bonds is 6. The number of fused-ring (bicyclic) bond motifs is 3. The van der Waals surface area contributed by atoms with Crippen molar-refractivity contribution in [2.45, 2.75) is 56.1 Å². The molecule has 11 heteroatoms. The molecule has 3 fully saturated rings. The lowest BCUT2D eigenvalue weighted by atomic mass is 9.88. The highest BCUT2D eigenvalue weighted by Crippen LogP contribution is 2.41. The highest BCUT2D eigenvalue weighted by molar-refractivity contribution is 7.90. The van der Waals surface area contributed by atoms with E-state index in [2.05, 4.69) is 42.8 Å². The van der Waals surface area contributed by atoms with Gasteiger partial charge in [-0.1, -0.05) is 18.2 Å². The molecule has 2 aromatic carbocycles. The number of anilines is 1. The van der Waals surface area contributed by atoms with E-state index in [0.29, 0.717) is 40.5 Å². The smallest absolute Gasteiger partial charge is 0.269 e. The van der Waals surface area contributed by atoms with Gasteiger partial charge in [-0.15, -0.1) is 0 Å². The van der Waals surface area contributed by atoms with E-state index in [0.717, 1.165) is 50.3 Å². The van der Waals surface area contributed by atoms with Crippen LogP contribution in [0.1, 0.15) is 36.4 Å². The van der Waals surface area contributed by atoms with E-state index in [1.165, 1.54) is 27.2 Å². The van der Waals surface area contributed by atoms with Crippen molar-refractivity contribution in [2.75, 3.05) is 38.3 Å².